The van der Waals surface area contributed by atoms with E-state index in [0.29, 0.717) is 17.0 Å². The SMILES string of the molecule is O=C(NC(=O)c1ccccc1)Nc1ccc(Oc2ccccc2)cc1. The third kappa shape index (κ3) is 4.68. The van der Waals surface area contributed by atoms with E-state index in [1.807, 2.05) is 30.3 Å². The maximum absolute atomic E-state index is 11.9. The van der Waals surface area contributed by atoms with Crippen molar-refractivity contribution in [3.8, 4) is 11.5 Å². The third-order valence-corrected chi connectivity index (χ3v) is 3.35. The number of nitrogens with one attached hydrogen (secondary N) is 2. The van der Waals surface area contributed by atoms with Crippen LogP contribution < -0.4 is 15.4 Å². The molecule has 0 unspecified atom stereocenters. The Balaban J connectivity index is 1.56. The number of imide groups is 1. The molecule has 5 nitrogen and oxygen atoms in total. The fourth-order valence-corrected chi connectivity index (χ4v) is 2.16. The van der Waals surface area contributed by atoms with E-state index in [9.17, 15) is 9.59 Å². The van der Waals surface area contributed by atoms with Crippen molar-refractivity contribution in [3.63, 3.8) is 0 Å². The molecule has 0 saturated carbocycles. The van der Waals surface area contributed by atoms with Gasteiger partial charge in [0.1, 0.15) is 11.5 Å². The van der Waals surface area contributed by atoms with Gasteiger partial charge in [-0.15, -0.1) is 0 Å². The quantitative estimate of drug-likeness (QED) is 0.742. The number of urea groups is 1. The Labute approximate surface area is 145 Å². The lowest BCUT2D eigenvalue weighted by Crippen LogP contribution is -2.34. The average molecular weight is 332 g/mol. The number of benzene rings is 3. The summed E-state index contributed by atoms with van der Waals surface area (Å²) in [6, 6.07) is 24.2. The summed E-state index contributed by atoms with van der Waals surface area (Å²) in [5.41, 5.74) is 0.975. The van der Waals surface area contributed by atoms with Gasteiger partial charge in [-0.2, -0.15) is 0 Å². The molecule has 3 aromatic carbocycles. The number of anilines is 1. The molecule has 0 aromatic heterocycles. The Hall–Kier alpha value is -3.60. The van der Waals surface area contributed by atoms with Crippen LogP contribution in [0.2, 0.25) is 0 Å². The number of para-hydroxylation sites is 1. The van der Waals surface area contributed by atoms with Gasteiger partial charge in [0, 0.05) is 11.3 Å². The molecular weight excluding hydrogens is 316 g/mol. The molecule has 3 rings (SSSR count). The minimum absolute atomic E-state index is 0.421. The highest BCUT2D eigenvalue weighted by Crippen LogP contribution is 2.22. The Bertz CT molecular complexity index is 847. The molecule has 0 aliphatic carbocycles. The summed E-state index contributed by atoms with van der Waals surface area (Å²) in [5, 5.41) is 4.89. The van der Waals surface area contributed by atoms with E-state index in [0.717, 1.165) is 5.75 Å². The van der Waals surface area contributed by atoms with Crippen LogP contribution in [0.3, 0.4) is 0 Å². The molecule has 0 heterocycles. The van der Waals surface area contributed by atoms with Crippen LogP contribution in [-0.4, -0.2) is 11.9 Å². The Morgan fingerprint density at radius 1 is 0.680 bits per heavy atom. The molecule has 2 N–H and O–H groups in total. The zero-order valence-corrected chi connectivity index (χ0v) is 13.3. The van der Waals surface area contributed by atoms with E-state index in [2.05, 4.69) is 10.6 Å². The molecule has 0 atom stereocenters. The van der Waals surface area contributed by atoms with Crippen molar-refractivity contribution in [2.45, 2.75) is 0 Å². The number of carbonyl (C=O) groups is 2. The summed E-state index contributed by atoms with van der Waals surface area (Å²) in [4.78, 5) is 23.8. The molecule has 0 fully saturated rings. The number of ether oxygens (including phenoxy) is 1. The summed E-state index contributed by atoms with van der Waals surface area (Å²) >= 11 is 0. The highest BCUT2D eigenvalue weighted by Gasteiger charge is 2.09. The van der Waals surface area contributed by atoms with E-state index >= 15 is 0 Å². The van der Waals surface area contributed by atoms with E-state index in [-0.39, 0.29) is 0 Å². The van der Waals surface area contributed by atoms with Crippen molar-refractivity contribution >= 4 is 17.6 Å². The summed E-state index contributed by atoms with van der Waals surface area (Å²) < 4.78 is 5.68. The Kier molecular flexibility index (Phi) is 5.07. The number of carbonyl (C=O) groups excluding carboxylic acids is 2. The van der Waals surface area contributed by atoms with Gasteiger partial charge in [-0.3, -0.25) is 10.1 Å². The third-order valence-electron chi connectivity index (χ3n) is 3.35. The first-order valence-electron chi connectivity index (χ1n) is 7.71. The Morgan fingerprint density at radius 2 is 1.24 bits per heavy atom. The molecule has 25 heavy (non-hydrogen) atoms. The maximum Gasteiger partial charge on any atom is 0.326 e. The first kappa shape index (κ1) is 16.3. The first-order valence-corrected chi connectivity index (χ1v) is 7.71. The smallest absolute Gasteiger partial charge is 0.326 e. The lowest BCUT2D eigenvalue weighted by Gasteiger charge is -2.09. The minimum Gasteiger partial charge on any atom is -0.457 e. The van der Waals surface area contributed by atoms with Gasteiger partial charge in [-0.1, -0.05) is 36.4 Å². The van der Waals surface area contributed by atoms with Gasteiger partial charge in [-0.05, 0) is 48.5 Å². The van der Waals surface area contributed by atoms with Crippen molar-refractivity contribution in [3.05, 3.63) is 90.5 Å². The van der Waals surface area contributed by atoms with E-state index in [1.54, 1.807) is 54.6 Å². The maximum atomic E-state index is 11.9. The second-order valence-electron chi connectivity index (χ2n) is 5.21. The fourth-order valence-electron chi connectivity index (χ4n) is 2.16. The number of rotatable bonds is 4. The molecule has 0 radical (unpaired) electrons. The van der Waals surface area contributed by atoms with Crippen molar-refractivity contribution < 1.29 is 14.3 Å². The second-order valence-corrected chi connectivity index (χ2v) is 5.21. The molecule has 3 amide bonds. The molecule has 0 saturated heterocycles. The zero-order valence-electron chi connectivity index (χ0n) is 13.3. The van der Waals surface area contributed by atoms with Crippen LogP contribution in [0, 0.1) is 0 Å². The van der Waals surface area contributed by atoms with Crippen LogP contribution in [0.4, 0.5) is 10.5 Å². The normalized spacial score (nSPS) is 9.92. The van der Waals surface area contributed by atoms with Gasteiger partial charge >= 0.3 is 6.03 Å². The lowest BCUT2D eigenvalue weighted by molar-refractivity contribution is 0.0967. The summed E-state index contributed by atoms with van der Waals surface area (Å²) in [6.07, 6.45) is 0. The van der Waals surface area contributed by atoms with Crippen molar-refractivity contribution in [1.82, 2.24) is 5.32 Å². The first-order chi connectivity index (χ1) is 12.2. The van der Waals surface area contributed by atoms with Gasteiger partial charge < -0.3 is 10.1 Å². The number of amides is 3. The van der Waals surface area contributed by atoms with Crippen LogP contribution >= 0.6 is 0 Å². The summed E-state index contributed by atoms with van der Waals surface area (Å²) in [5.74, 6) is 0.925. The van der Waals surface area contributed by atoms with Gasteiger partial charge in [-0.25, -0.2) is 4.79 Å². The van der Waals surface area contributed by atoms with Crippen LogP contribution in [0.5, 0.6) is 11.5 Å². The van der Waals surface area contributed by atoms with Crippen molar-refractivity contribution in [1.29, 1.82) is 0 Å². The monoisotopic (exact) mass is 332 g/mol. The van der Waals surface area contributed by atoms with Crippen molar-refractivity contribution in [2.75, 3.05) is 5.32 Å². The fraction of sp³-hybridized carbons (Fsp3) is 0. The predicted octanol–water partition coefficient (Wildman–Crippen LogP) is 4.44. The minimum atomic E-state index is -0.592. The van der Waals surface area contributed by atoms with Crippen LogP contribution in [0.25, 0.3) is 0 Å². The summed E-state index contributed by atoms with van der Waals surface area (Å²) in [6.45, 7) is 0. The molecule has 0 aliphatic rings. The average Bonchev–Trinajstić information content (AvgIpc) is 2.65. The Morgan fingerprint density at radius 3 is 1.88 bits per heavy atom. The van der Waals surface area contributed by atoms with Gasteiger partial charge in [0.05, 0.1) is 0 Å². The molecule has 0 aliphatic heterocycles. The molecular formula is C20H16N2O3. The lowest BCUT2D eigenvalue weighted by atomic mass is 10.2. The number of hydrogen-bond donors (Lipinski definition) is 2. The second kappa shape index (κ2) is 7.79. The molecule has 0 bridgehead atoms. The standard InChI is InChI=1S/C20H16N2O3/c23-19(15-7-3-1-4-8-15)22-20(24)21-16-11-13-18(14-12-16)25-17-9-5-2-6-10-17/h1-14H,(H2,21,22,23,24). The van der Waals surface area contributed by atoms with Gasteiger partial charge in [0.15, 0.2) is 0 Å². The van der Waals surface area contributed by atoms with Crippen LogP contribution in [0.15, 0.2) is 84.9 Å². The highest BCUT2D eigenvalue weighted by atomic mass is 16.5. The topological polar surface area (TPSA) is 67.4 Å². The van der Waals surface area contributed by atoms with E-state index < -0.39 is 11.9 Å². The predicted molar refractivity (Wildman–Crippen MR) is 95.9 cm³/mol. The van der Waals surface area contributed by atoms with Crippen molar-refractivity contribution in [2.24, 2.45) is 0 Å². The van der Waals surface area contributed by atoms with E-state index in [1.165, 1.54) is 0 Å². The highest BCUT2D eigenvalue weighted by molar-refractivity contribution is 6.07. The molecule has 0 spiro atoms. The van der Waals surface area contributed by atoms with Crippen LogP contribution in [0.1, 0.15) is 10.4 Å². The van der Waals surface area contributed by atoms with E-state index in [4.69, 9.17) is 4.74 Å². The van der Waals surface area contributed by atoms with Crippen LogP contribution in [-0.2, 0) is 0 Å². The summed E-state index contributed by atoms with van der Waals surface area (Å²) in [7, 11) is 0. The molecule has 124 valence electrons. The number of hydrogen-bond acceptors (Lipinski definition) is 3. The molecule has 5 heteroatoms. The van der Waals surface area contributed by atoms with Gasteiger partial charge in [0.2, 0.25) is 0 Å². The zero-order chi connectivity index (χ0) is 17.5. The molecule has 3 aromatic rings. The largest absolute Gasteiger partial charge is 0.457 e. The van der Waals surface area contributed by atoms with Gasteiger partial charge in [0.25, 0.3) is 5.91 Å².